The number of nitrogens with zero attached hydrogens (tertiary/aromatic N) is 4. The Balaban J connectivity index is 1.52. The first kappa shape index (κ1) is 26.8. The van der Waals surface area contributed by atoms with Gasteiger partial charge in [-0.1, -0.05) is 23.0 Å². The van der Waals surface area contributed by atoms with Crippen LogP contribution < -0.4 is 16.8 Å². The van der Waals surface area contributed by atoms with Gasteiger partial charge in [-0.3, -0.25) is 19.5 Å². The summed E-state index contributed by atoms with van der Waals surface area (Å²) in [5.74, 6) is -0.736. The maximum Gasteiger partial charge on any atom is 0.353 e. The van der Waals surface area contributed by atoms with E-state index >= 15 is 0 Å². The predicted molar refractivity (Wildman–Crippen MR) is 142 cm³/mol. The fourth-order valence-electron chi connectivity index (χ4n) is 3.69. The second-order valence-corrected chi connectivity index (χ2v) is 11.1. The minimum Gasteiger partial charge on any atom is -0.477 e. The number of aliphatic carboxylic acids is 1. The first-order chi connectivity index (χ1) is 17.8. The number of rotatable bonds is 10. The van der Waals surface area contributed by atoms with Gasteiger partial charge in [0.05, 0.1) is 0 Å². The first-order valence-electron chi connectivity index (χ1n) is 10.9. The number of oxime groups is 1. The number of carbonyl (C=O) groups is 3. The van der Waals surface area contributed by atoms with E-state index in [0.29, 0.717) is 23.0 Å². The molecule has 1 fully saturated rings. The van der Waals surface area contributed by atoms with Crippen LogP contribution in [0, 0.1) is 0 Å². The maximum absolute atomic E-state index is 13.0. The maximum atomic E-state index is 13.0. The molecule has 0 spiro atoms. The van der Waals surface area contributed by atoms with Crippen LogP contribution in [0.25, 0.3) is 0 Å². The molecule has 4 heterocycles. The predicted octanol–water partition coefficient (Wildman–Crippen LogP) is 0.917. The van der Waals surface area contributed by atoms with Crippen LogP contribution in [0.1, 0.15) is 11.3 Å². The average Bonchev–Trinajstić information content (AvgIpc) is 2.88. The molecule has 2 amide bonds. The summed E-state index contributed by atoms with van der Waals surface area (Å²) in [6.45, 7) is 0.556. The molecule has 0 aromatic carbocycles. The number of nitrogens with one attached hydrogen (secondary N) is 1. The summed E-state index contributed by atoms with van der Waals surface area (Å²) in [4.78, 5) is 48.6. The second-order valence-electron chi connectivity index (χ2n) is 7.76. The molecule has 2 aliphatic heterocycles. The molecule has 2 aromatic rings. The van der Waals surface area contributed by atoms with Crippen LogP contribution in [0.5, 0.6) is 0 Å². The highest BCUT2D eigenvalue weighted by Gasteiger charge is 2.54. The number of hydrogen-bond donors (Lipinski definition) is 5. The Hall–Kier alpha value is -3.27. The van der Waals surface area contributed by atoms with E-state index in [9.17, 15) is 24.7 Å². The second kappa shape index (κ2) is 11.9. The summed E-state index contributed by atoms with van der Waals surface area (Å²) in [6.07, 6.45) is 3.35. The lowest BCUT2D eigenvalue weighted by Crippen LogP contribution is -2.71. The van der Waals surface area contributed by atoms with Gasteiger partial charge in [0.15, 0.2) is 5.71 Å². The van der Waals surface area contributed by atoms with E-state index < -0.39 is 34.9 Å². The molecular formula is C22H23N7O5S3. The monoisotopic (exact) mass is 561 g/mol. The van der Waals surface area contributed by atoms with E-state index in [-0.39, 0.29) is 17.2 Å². The Bertz CT molecular complexity index is 1290. The summed E-state index contributed by atoms with van der Waals surface area (Å²) in [7, 11) is 0. The Kier molecular flexibility index (Phi) is 8.58. The van der Waals surface area contributed by atoms with Gasteiger partial charge in [0.2, 0.25) is 0 Å². The third-order valence-electron chi connectivity index (χ3n) is 5.37. The van der Waals surface area contributed by atoms with E-state index in [1.807, 2.05) is 6.07 Å². The van der Waals surface area contributed by atoms with Gasteiger partial charge < -0.3 is 27.1 Å². The number of carboxylic acid groups (broad SMARTS) is 1. The number of amides is 2. The fourth-order valence-corrected chi connectivity index (χ4v) is 7.13. The lowest BCUT2D eigenvalue weighted by Gasteiger charge is -2.49. The molecule has 0 unspecified atom stereocenters. The van der Waals surface area contributed by atoms with Gasteiger partial charge in [0.1, 0.15) is 28.6 Å². The molecule has 7 N–H and O–H groups in total. The van der Waals surface area contributed by atoms with E-state index in [1.54, 1.807) is 24.2 Å². The Morgan fingerprint density at radius 2 is 2.14 bits per heavy atom. The van der Waals surface area contributed by atoms with E-state index in [4.69, 9.17) is 11.5 Å². The summed E-state index contributed by atoms with van der Waals surface area (Å²) in [5, 5.41) is 24.2. The molecule has 0 aliphatic carbocycles. The summed E-state index contributed by atoms with van der Waals surface area (Å²) in [5.41, 5.74) is 11.7. The third kappa shape index (κ3) is 5.69. The van der Waals surface area contributed by atoms with E-state index in [0.717, 1.165) is 16.2 Å². The Morgan fingerprint density at radius 1 is 1.32 bits per heavy atom. The van der Waals surface area contributed by atoms with Crippen molar-refractivity contribution in [2.24, 2.45) is 10.9 Å². The first-order valence-corrected chi connectivity index (χ1v) is 13.9. The Labute approximate surface area is 224 Å². The van der Waals surface area contributed by atoms with Crippen molar-refractivity contribution in [3.63, 3.8) is 0 Å². The topological polar surface area (TPSA) is 197 Å². The van der Waals surface area contributed by atoms with Crippen molar-refractivity contribution in [3.05, 3.63) is 58.5 Å². The zero-order chi connectivity index (χ0) is 26.5. The normalized spacial score (nSPS) is 19.3. The number of anilines is 1. The molecule has 0 saturated carbocycles. The van der Waals surface area contributed by atoms with Crippen molar-refractivity contribution >= 4 is 64.6 Å². The number of β-lactam (4-membered cyclic amide) rings is 1. The summed E-state index contributed by atoms with van der Waals surface area (Å²) < 4.78 is 0. The SMILES string of the molecule is NCCSCc1ccncc1SC1=C(C(=O)O)N2C(=O)[C@@H](NC(=O)/C(=N\O)c3cccc(N)n3)[C@H]2SC1. The minimum absolute atomic E-state index is 0.0293. The highest BCUT2D eigenvalue weighted by Crippen LogP contribution is 2.45. The zero-order valence-corrected chi connectivity index (χ0v) is 21.7. The number of carbonyl (C=O) groups excluding carboxylic acids is 2. The lowest BCUT2D eigenvalue weighted by molar-refractivity contribution is -0.150. The number of aromatic nitrogens is 2. The average molecular weight is 562 g/mol. The quantitative estimate of drug-likeness (QED) is 0.0905. The molecule has 2 aromatic heterocycles. The van der Waals surface area contributed by atoms with Crippen molar-refractivity contribution in [1.82, 2.24) is 20.2 Å². The van der Waals surface area contributed by atoms with Gasteiger partial charge >= 0.3 is 5.97 Å². The molecule has 0 radical (unpaired) electrons. The molecule has 0 bridgehead atoms. The standard InChI is InChI=1S/C22H23N7O5S3/c23-5-7-35-9-11-4-6-25-8-13(11)37-14-10-36-21-17(20(31)29(21)18(14)22(32)33)27-19(30)16(28-34)12-2-1-3-15(24)26-12/h1-4,6,8,17,21,34H,5,7,9-10,23H2,(H2,24,26)(H,27,30)(H,32,33)/b28-16-/t17-,21-/m1/s1. The van der Waals surface area contributed by atoms with Crippen LogP contribution in [0.3, 0.4) is 0 Å². The molecular weight excluding hydrogens is 538 g/mol. The van der Waals surface area contributed by atoms with Gasteiger partial charge in [-0.2, -0.15) is 11.8 Å². The van der Waals surface area contributed by atoms with Crippen molar-refractivity contribution in [2.45, 2.75) is 22.1 Å². The van der Waals surface area contributed by atoms with Gasteiger partial charge in [-0.15, -0.1) is 11.8 Å². The molecule has 2 aliphatic rings. The van der Waals surface area contributed by atoms with Gasteiger partial charge in [0.25, 0.3) is 11.8 Å². The number of nitrogen functional groups attached to an aromatic ring is 1. The lowest BCUT2D eigenvalue weighted by atomic mass is 10.0. The number of pyridine rings is 2. The number of fused-ring (bicyclic) bond motifs is 1. The number of hydrogen-bond acceptors (Lipinski definition) is 12. The number of thioether (sulfide) groups is 3. The minimum atomic E-state index is -1.24. The Morgan fingerprint density at radius 3 is 2.84 bits per heavy atom. The van der Waals surface area contributed by atoms with Crippen LogP contribution in [-0.4, -0.2) is 78.1 Å². The fraction of sp³-hybridized carbons (Fsp3) is 0.273. The van der Waals surface area contributed by atoms with Crippen molar-refractivity contribution in [1.29, 1.82) is 0 Å². The smallest absolute Gasteiger partial charge is 0.353 e. The molecule has 12 nitrogen and oxygen atoms in total. The molecule has 194 valence electrons. The van der Waals surface area contributed by atoms with E-state index in [2.05, 4.69) is 20.4 Å². The summed E-state index contributed by atoms with van der Waals surface area (Å²) in [6, 6.07) is 5.35. The van der Waals surface area contributed by atoms with Crippen LogP contribution >= 0.6 is 35.3 Å². The number of carboxylic acids is 1. The summed E-state index contributed by atoms with van der Waals surface area (Å²) >= 11 is 4.26. The molecule has 37 heavy (non-hydrogen) atoms. The zero-order valence-electron chi connectivity index (χ0n) is 19.2. The molecule has 1 saturated heterocycles. The van der Waals surface area contributed by atoms with Crippen molar-refractivity contribution in [3.8, 4) is 0 Å². The largest absolute Gasteiger partial charge is 0.477 e. The van der Waals surface area contributed by atoms with Crippen LogP contribution in [0.15, 0.2) is 57.3 Å². The van der Waals surface area contributed by atoms with Crippen LogP contribution in [0.4, 0.5) is 5.82 Å². The van der Waals surface area contributed by atoms with Gasteiger partial charge in [0, 0.05) is 46.0 Å². The number of nitrogens with two attached hydrogens (primary N) is 2. The van der Waals surface area contributed by atoms with Crippen LogP contribution in [0.2, 0.25) is 0 Å². The molecule has 4 rings (SSSR count). The molecule has 2 atom stereocenters. The van der Waals surface area contributed by atoms with Crippen molar-refractivity contribution < 1.29 is 24.7 Å². The van der Waals surface area contributed by atoms with E-state index in [1.165, 1.54) is 46.6 Å². The van der Waals surface area contributed by atoms with Crippen molar-refractivity contribution in [2.75, 3.05) is 23.8 Å². The molecule has 15 heteroatoms. The highest BCUT2D eigenvalue weighted by molar-refractivity contribution is 8.06. The highest BCUT2D eigenvalue weighted by atomic mass is 32.2. The van der Waals surface area contributed by atoms with Gasteiger partial charge in [-0.25, -0.2) is 9.78 Å². The third-order valence-corrected chi connectivity index (χ3v) is 9.05. The van der Waals surface area contributed by atoms with Gasteiger partial charge in [-0.05, 0) is 23.8 Å². The van der Waals surface area contributed by atoms with Crippen LogP contribution in [-0.2, 0) is 20.1 Å².